The van der Waals surface area contributed by atoms with E-state index in [9.17, 15) is 9.59 Å². The van der Waals surface area contributed by atoms with Crippen molar-refractivity contribution in [1.82, 2.24) is 9.80 Å². The molecular weight excluding hydrogens is 388 g/mol. The fraction of sp³-hybridized carbons (Fsp3) is 0.409. The molecule has 0 saturated carbocycles. The topological polar surface area (TPSA) is 59.1 Å². The number of aryl methyl sites for hydroxylation is 1. The molecule has 1 aromatic rings. The first-order chi connectivity index (χ1) is 13.8. The predicted octanol–water partition coefficient (Wildman–Crippen LogP) is 3.69. The molecule has 0 aliphatic carbocycles. The van der Waals surface area contributed by atoms with Crippen molar-refractivity contribution in [3.05, 3.63) is 47.7 Å². The average molecular weight is 417 g/mol. The number of likely N-dealkylation sites (N-methyl/N-ethyl adjacent to an activating group) is 2. The van der Waals surface area contributed by atoms with Crippen LogP contribution in [0.3, 0.4) is 0 Å². The summed E-state index contributed by atoms with van der Waals surface area (Å²) >= 11 is 5.27. The van der Waals surface area contributed by atoms with Gasteiger partial charge in [0.25, 0.3) is 5.91 Å². The molecule has 7 heteroatoms. The average Bonchev–Trinajstić information content (AvgIpc) is 2.89. The lowest BCUT2D eigenvalue weighted by molar-refractivity contribution is -0.137. The first kappa shape index (κ1) is 22.6. The van der Waals surface area contributed by atoms with Crippen LogP contribution in [0.4, 0.5) is 0 Å². The van der Waals surface area contributed by atoms with E-state index in [1.807, 2.05) is 31.2 Å². The number of rotatable bonds is 10. The number of hydrogen-bond donors (Lipinski definition) is 0. The minimum absolute atomic E-state index is 0.123. The zero-order valence-electron chi connectivity index (χ0n) is 17.3. The minimum Gasteiger partial charge on any atom is -0.493 e. The summed E-state index contributed by atoms with van der Waals surface area (Å²) in [5.41, 5.74) is 2.47. The molecule has 0 unspecified atom stereocenters. The van der Waals surface area contributed by atoms with Crippen molar-refractivity contribution >= 4 is 35.3 Å². The lowest BCUT2D eigenvalue weighted by atomic mass is 10.1. The van der Waals surface area contributed by atoms with Crippen molar-refractivity contribution < 1.29 is 19.1 Å². The number of esters is 1. The first-order valence-corrected chi connectivity index (χ1v) is 10.1. The van der Waals surface area contributed by atoms with Gasteiger partial charge in [-0.05, 0) is 63.0 Å². The van der Waals surface area contributed by atoms with Crippen LogP contribution < -0.4 is 4.74 Å². The molecule has 0 spiro atoms. The number of thiocarbonyl (C=S) groups is 1. The van der Waals surface area contributed by atoms with E-state index in [-0.39, 0.29) is 11.9 Å². The summed E-state index contributed by atoms with van der Waals surface area (Å²) in [5, 5.41) is 0.482. The van der Waals surface area contributed by atoms with Crippen LogP contribution in [-0.4, -0.2) is 54.1 Å². The van der Waals surface area contributed by atoms with Gasteiger partial charge in [0.2, 0.25) is 0 Å². The molecular formula is C22H28N2O4S. The van der Waals surface area contributed by atoms with Crippen molar-refractivity contribution in [2.45, 2.75) is 32.6 Å². The number of hydrogen-bond acceptors (Lipinski definition) is 5. The SMILES string of the molecule is C=CC(=O)OCCCCCCOc1ccc(C)cc1/C=C1/C(=O)N(C)C(=S)N1C. The fourth-order valence-electron chi connectivity index (χ4n) is 2.92. The van der Waals surface area contributed by atoms with Gasteiger partial charge in [0, 0.05) is 25.7 Å². The molecule has 29 heavy (non-hydrogen) atoms. The van der Waals surface area contributed by atoms with E-state index in [0.29, 0.717) is 24.0 Å². The van der Waals surface area contributed by atoms with Crippen molar-refractivity contribution in [3.63, 3.8) is 0 Å². The quantitative estimate of drug-likeness (QED) is 0.251. The minimum atomic E-state index is -0.382. The Hall–Kier alpha value is -2.67. The highest BCUT2D eigenvalue weighted by molar-refractivity contribution is 7.80. The van der Waals surface area contributed by atoms with E-state index in [0.717, 1.165) is 42.6 Å². The Morgan fingerprint density at radius 2 is 1.83 bits per heavy atom. The Labute approximate surface area is 177 Å². The third-order valence-corrected chi connectivity index (χ3v) is 5.17. The van der Waals surface area contributed by atoms with Gasteiger partial charge in [0.15, 0.2) is 5.11 Å². The van der Waals surface area contributed by atoms with Crippen LogP contribution in [0.5, 0.6) is 5.75 Å². The molecule has 1 aromatic carbocycles. The highest BCUT2D eigenvalue weighted by Crippen LogP contribution is 2.27. The molecule has 2 rings (SSSR count). The van der Waals surface area contributed by atoms with Crippen molar-refractivity contribution in [1.29, 1.82) is 0 Å². The molecule has 0 aromatic heterocycles. The van der Waals surface area contributed by atoms with Crippen molar-refractivity contribution in [2.24, 2.45) is 0 Å². The lowest BCUT2D eigenvalue weighted by Gasteiger charge is -2.13. The Morgan fingerprint density at radius 1 is 1.14 bits per heavy atom. The summed E-state index contributed by atoms with van der Waals surface area (Å²) in [4.78, 5) is 26.6. The van der Waals surface area contributed by atoms with Gasteiger partial charge in [-0.15, -0.1) is 0 Å². The summed E-state index contributed by atoms with van der Waals surface area (Å²) in [7, 11) is 3.46. The van der Waals surface area contributed by atoms with E-state index in [1.54, 1.807) is 19.0 Å². The van der Waals surface area contributed by atoms with Gasteiger partial charge in [0.1, 0.15) is 11.4 Å². The van der Waals surface area contributed by atoms with E-state index in [2.05, 4.69) is 6.58 Å². The van der Waals surface area contributed by atoms with Gasteiger partial charge in [0.05, 0.1) is 13.2 Å². The number of ether oxygens (including phenoxy) is 2. The summed E-state index contributed by atoms with van der Waals surface area (Å²) in [6.07, 6.45) is 6.66. The van der Waals surface area contributed by atoms with Crippen LogP contribution in [0.15, 0.2) is 36.6 Å². The third kappa shape index (κ3) is 6.15. The molecule has 1 aliphatic rings. The van der Waals surface area contributed by atoms with Gasteiger partial charge < -0.3 is 14.4 Å². The molecule has 1 saturated heterocycles. The Bertz CT molecular complexity index is 819. The number of benzene rings is 1. The summed E-state index contributed by atoms with van der Waals surface area (Å²) in [6, 6.07) is 5.92. The van der Waals surface area contributed by atoms with Gasteiger partial charge in [-0.25, -0.2) is 4.79 Å². The second-order valence-electron chi connectivity index (χ2n) is 6.91. The van der Waals surface area contributed by atoms with Gasteiger partial charge in [-0.1, -0.05) is 18.2 Å². The molecule has 156 valence electrons. The van der Waals surface area contributed by atoms with Gasteiger partial charge in [-0.3, -0.25) is 9.69 Å². The van der Waals surface area contributed by atoms with E-state index >= 15 is 0 Å². The van der Waals surface area contributed by atoms with Crippen LogP contribution in [0.1, 0.15) is 36.8 Å². The van der Waals surface area contributed by atoms with Gasteiger partial charge in [-0.2, -0.15) is 0 Å². The predicted molar refractivity (Wildman–Crippen MR) is 117 cm³/mol. The van der Waals surface area contributed by atoms with Crippen LogP contribution >= 0.6 is 12.2 Å². The van der Waals surface area contributed by atoms with E-state index < -0.39 is 0 Å². The maximum atomic E-state index is 12.4. The molecule has 1 amide bonds. The van der Waals surface area contributed by atoms with E-state index in [1.165, 1.54) is 11.0 Å². The fourth-order valence-corrected chi connectivity index (χ4v) is 3.10. The largest absolute Gasteiger partial charge is 0.493 e. The molecule has 0 N–H and O–H groups in total. The number of nitrogens with zero attached hydrogens (tertiary/aromatic N) is 2. The Balaban J connectivity index is 1.90. The summed E-state index contributed by atoms with van der Waals surface area (Å²) in [5.74, 6) is 0.236. The van der Waals surface area contributed by atoms with Gasteiger partial charge >= 0.3 is 5.97 Å². The smallest absolute Gasteiger partial charge is 0.330 e. The maximum absolute atomic E-state index is 12.4. The Morgan fingerprint density at radius 3 is 2.45 bits per heavy atom. The number of carbonyl (C=O) groups is 2. The molecule has 0 bridgehead atoms. The molecule has 6 nitrogen and oxygen atoms in total. The number of unbranched alkanes of at least 4 members (excludes halogenated alkanes) is 3. The first-order valence-electron chi connectivity index (χ1n) is 9.65. The monoisotopic (exact) mass is 416 g/mol. The zero-order valence-corrected chi connectivity index (χ0v) is 18.1. The second kappa shape index (κ2) is 10.8. The van der Waals surface area contributed by atoms with Crippen molar-refractivity contribution in [2.75, 3.05) is 27.3 Å². The molecule has 1 aliphatic heterocycles. The molecule has 0 radical (unpaired) electrons. The second-order valence-corrected chi connectivity index (χ2v) is 7.28. The molecule has 0 atom stereocenters. The maximum Gasteiger partial charge on any atom is 0.330 e. The van der Waals surface area contributed by atoms with Crippen LogP contribution in [0, 0.1) is 6.92 Å². The summed E-state index contributed by atoms with van der Waals surface area (Å²) in [6.45, 7) is 6.36. The van der Waals surface area contributed by atoms with Crippen molar-refractivity contribution in [3.8, 4) is 5.75 Å². The Kier molecular flexibility index (Phi) is 8.39. The standard InChI is InChI=1S/C22H28N2O4S/c1-5-20(25)28-13-9-7-6-8-12-27-19-11-10-16(2)14-17(19)15-18-21(26)24(4)22(29)23(18)3/h5,10-11,14-15H,1,6-9,12-13H2,2-4H3/b18-15-. The highest BCUT2D eigenvalue weighted by Gasteiger charge is 2.32. The molecule has 1 heterocycles. The summed E-state index contributed by atoms with van der Waals surface area (Å²) < 4.78 is 10.9. The third-order valence-electron chi connectivity index (χ3n) is 4.62. The normalized spacial score (nSPS) is 15.2. The lowest BCUT2D eigenvalue weighted by Crippen LogP contribution is -2.26. The van der Waals surface area contributed by atoms with E-state index in [4.69, 9.17) is 21.7 Å². The van der Waals surface area contributed by atoms with Crippen LogP contribution in [0.25, 0.3) is 6.08 Å². The zero-order chi connectivity index (χ0) is 21.4. The number of carbonyl (C=O) groups excluding carboxylic acids is 2. The van der Waals surface area contributed by atoms with Crippen LogP contribution in [-0.2, 0) is 14.3 Å². The molecule has 1 fully saturated rings. The van der Waals surface area contributed by atoms with Crippen LogP contribution in [0.2, 0.25) is 0 Å². The number of amides is 1. The highest BCUT2D eigenvalue weighted by atomic mass is 32.1.